The molecule has 2 aliphatic rings. The van der Waals surface area contributed by atoms with E-state index in [9.17, 15) is 0 Å². The van der Waals surface area contributed by atoms with Gasteiger partial charge in [0.15, 0.2) is 0 Å². The fourth-order valence-electron chi connectivity index (χ4n) is 3.00. The molecule has 0 aliphatic heterocycles. The molecular weight excluding hydrogens is 246 g/mol. The van der Waals surface area contributed by atoms with Crippen LogP contribution in [0, 0.1) is 0 Å². The number of hydrogen-bond donors (Lipinski definition) is 1. The van der Waals surface area contributed by atoms with Crippen molar-refractivity contribution in [3.8, 4) is 5.75 Å². The second kappa shape index (κ2) is 4.64. The first kappa shape index (κ1) is 12.0. The fraction of sp³-hybridized carbons (Fsp3) is 0.333. The molecule has 0 heterocycles. The Balaban J connectivity index is 1.50. The fourth-order valence-corrected chi connectivity index (χ4v) is 3.00. The molecule has 2 aromatic carbocycles. The lowest BCUT2D eigenvalue weighted by molar-refractivity contribution is 0.303. The van der Waals surface area contributed by atoms with Crippen molar-refractivity contribution in [1.82, 2.24) is 0 Å². The van der Waals surface area contributed by atoms with Crippen molar-refractivity contribution in [3.63, 3.8) is 0 Å². The van der Waals surface area contributed by atoms with Gasteiger partial charge in [0.25, 0.3) is 0 Å². The molecular formula is C18H19NO. The van der Waals surface area contributed by atoms with Crippen LogP contribution in [0.3, 0.4) is 0 Å². The lowest BCUT2D eigenvalue weighted by atomic mass is 9.72. The van der Waals surface area contributed by atoms with E-state index in [1.807, 2.05) is 0 Å². The molecule has 2 aliphatic carbocycles. The first-order valence-electron chi connectivity index (χ1n) is 7.41. The summed E-state index contributed by atoms with van der Waals surface area (Å²) in [5.41, 5.74) is 10.5. The van der Waals surface area contributed by atoms with E-state index in [4.69, 9.17) is 10.5 Å². The molecule has 0 bridgehead atoms. The summed E-state index contributed by atoms with van der Waals surface area (Å²) in [5, 5.41) is 0. The van der Waals surface area contributed by atoms with Gasteiger partial charge < -0.3 is 10.5 Å². The minimum Gasteiger partial charge on any atom is -0.490 e. The monoisotopic (exact) mass is 265 g/mol. The first-order valence-corrected chi connectivity index (χ1v) is 7.41. The minimum absolute atomic E-state index is 0.0832. The Bertz CT molecular complexity index is 616. The molecule has 2 N–H and O–H groups in total. The summed E-state index contributed by atoms with van der Waals surface area (Å²) in [7, 11) is 0. The number of ether oxygens (including phenoxy) is 1. The maximum atomic E-state index is 6.44. The molecule has 2 unspecified atom stereocenters. The second-order valence-electron chi connectivity index (χ2n) is 5.92. The quantitative estimate of drug-likeness (QED) is 0.917. The van der Waals surface area contributed by atoms with Gasteiger partial charge >= 0.3 is 0 Å². The van der Waals surface area contributed by atoms with Gasteiger partial charge in [0.05, 0.1) is 6.10 Å². The maximum Gasteiger partial charge on any atom is 0.119 e. The molecule has 0 aromatic heterocycles. The smallest absolute Gasteiger partial charge is 0.119 e. The van der Waals surface area contributed by atoms with E-state index in [2.05, 4.69) is 48.5 Å². The topological polar surface area (TPSA) is 35.2 Å². The predicted octanol–water partition coefficient (Wildman–Crippen LogP) is 3.57. The standard InChI is InChI=1S/C18H19NO/c19-18(17-11-13-3-1-2-4-16(13)17)12-5-7-14(8-6-12)20-15-9-10-15/h1-8,15,17-18H,9-11,19H2. The Morgan fingerprint density at radius 3 is 2.45 bits per heavy atom. The SMILES string of the molecule is NC(c1ccc(OC2CC2)cc1)C1Cc2ccccc21. The van der Waals surface area contributed by atoms with Gasteiger partial charge in [-0.3, -0.25) is 0 Å². The van der Waals surface area contributed by atoms with E-state index >= 15 is 0 Å². The molecule has 0 amide bonds. The van der Waals surface area contributed by atoms with Gasteiger partial charge in [0.2, 0.25) is 0 Å². The van der Waals surface area contributed by atoms with Crippen LogP contribution in [0.2, 0.25) is 0 Å². The minimum atomic E-state index is 0.0832. The van der Waals surface area contributed by atoms with E-state index in [-0.39, 0.29) is 6.04 Å². The van der Waals surface area contributed by atoms with E-state index in [0.717, 1.165) is 12.2 Å². The number of fused-ring (bicyclic) bond motifs is 1. The summed E-state index contributed by atoms with van der Waals surface area (Å²) < 4.78 is 5.78. The highest BCUT2D eigenvalue weighted by molar-refractivity contribution is 5.43. The molecule has 2 aromatic rings. The third kappa shape index (κ3) is 2.10. The average Bonchev–Trinajstić information content (AvgIpc) is 3.25. The lowest BCUT2D eigenvalue weighted by Crippen LogP contribution is -2.28. The van der Waals surface area contributed by atoms with Crippen molar-refractivity contribution in [3.05, 3.63) is 65.2 Å². The number of benzene rings is 2. The van der Waals surface area contributed by atoms with Gasteiger partial charge in [-0.25, -0.2) is 0 Å². The van der Waals surface area contributed by atoms with Crippen LogP contribution in [0.25, 0.3) is 0 Å². The van der Waals surface area contributed by atoms with Gasteiger partial charge in [-0.05, 0) is 48.1 Å². The highest BCUT2D eigenvalue weighted by atomic mass is 16.5. The molecule has 4 rings (SSSR count). The summed E-state index contributed by atoms with van der Waals surface area (Å²) >= 11 is 0. The van der Waals surface area contributed by atoms with E-state index in [0.29, 0.717) is 12.0 Å². The zero-order chi connectivity index (χ0) is 13.5. The second-order valence-corrected chi connectivity index (χ2v) is 5.92. The van der Waals surface area contributed by atoms with Crippen LogP contribution in [-0.4, -0.2) is 6.10 Å². The Labute approximate surface area is 119 Å². The lowest BCUT2D eigenvalue weighted by Gasteiger charge is -2.35. The van der Waals surface area contributed by atoms with Crippen molar-refractivity contribution in [2.45, 2.75) is 37.3 Å². The van der Waals surface area contributed by atoms with Crippen molar-refractivity contribution in [2.75, 3.05) is 0 Å². The van der Waals surface area contributed by atoms with Crippen LogP contribution >= 0.6 is 0 Å². The zero-order valence-electron chi connectivity index (χ0n) is 11.5. The number of rotatable bonds is 4. The zero-order valence-corrected chi connectivity index (χ0v) is 11.5. The Kier molecular flexibility index (Phi) is 2.78. The molecule has 102 valence electrons. The molecule has 0 spiro atoms. The van der Waals surface area contributed by atoms with Gasteiger partial charge in [-0.2, -0.15) is 0 Å². The maximum absolute atomic E-state index is 6.44. The molecule has 2 heteroatoms. The summed E-state index contributed by atoms with van der Waals surface area (Å²) in [6.07, 6.45) is 3.94. The van der Waals surface area contributed by atoms with Gasteiger partial charge in [-0.15, -0.1) is 0 Å². The molecule has 1 saturated carbocycles. The highest BCUT2D eigenvalue weighted by Crippen LogP contribution is 2.42. The van der Waals surface area contributed by atoms with E-state index in [1.54, 1.807) is 0 Å². The Hall–Kier alpha value is -1.80. The van der Waals surface area contributed by atoms with E-state index < -0.39 is 0 Å². The average molecular weight is 265 g/mol. The third-order valence-electron chi connectivity index (χ3n) is 4.42. The Morgan fingerprint density at radius 1 is 1.00 bits per heavy atom. The predicted molar refractivity (Wildman–Crippen MR) is 79.9 cm³/mol. The summed E-state index contributed by atoms with van der Waals surface area (Å²) in [6.45, 7) is 0. The summed E-state index contributed by atoms with van der Waals surface area (Å²) in [4.78, 5) is 0. The summed E-state index contributed by atoms with van der Waals surface area (Å²) in [5.74, 6) is 1.43. The number of nitrogens with two attached hydrogens (primary N) is 1. The van der Waals surface area contributed by atoms with Gasteiger partial charge in [0.1, 0.15) is 5.75 Å². The summed E-state index contributed by atoms with van der Waals surface area (Å²) in [6, 6.07) is 17.0. The van der Waals surface area contributed by atoms with Crippen LogP contribution in [0.15, 0.2) is 48.5 Å². The van der Waals surface area contributed by atoms with Crippen LogP contribution in [0.5, 0.6) is 5.75 Å². The van der Waals surface area contributed by atoms with Crippen molar-refractivity contribution in [1.29, 1.82) is 0 Å². The van der Waals surface area contributed by atoms with E-state index in [1.165, 1.54) is 29.5 Å². The van der Waals surface area contributed by atoms with Gasteiger partial charge in [-0.1, -0.05) is 36.4 Å². The Morgan fingerprint density at radius 2 is 1.75 bits per heavy atom. The van der Waals surface area contributed by atoms with Crippen molar-refractivity contribution >= 4 is 0 Å². The molecule has 20 heavy (non-hydrogen) atoms. The van der Waals surface area contributed by atoms with Crippen LogP contribution in [-0.2, 0) is 6.42 Å². The molecule has 2 atom stereocenters. The molecule has 2 nitrogen and oxygen atoms in total. The molecule has 1 fully saturated rings. The molecule has 0 saturated heterocycles. The third-order valence-corrected chi connectivity index (χ3v) is 4.42. The van der Waals surface area contributed by atoms with Gasteiger partial charge in [0, 0.05) is 12.0 Å². The van der Waals surface area contributed by atoms with Crippen LogP contribution in [0.1, 0.15) is 41.5 Å². The normalized spacial score (nSPS) is 21.8. The van der Waals surface area contributed by atoms with Crippen molar-refractivity contribution in [2.24, 2.45) is 5.73 Å². The van der Waals surface area contributed by atoms with Crippen LogP contribution in [0.4, 0.5) is 0 Å². The van der Waals surface area contributed by atoms with Crippen LogP contribution < -0.4 is 10.5 Å². The molecule has 0 radical (unpaired) electrons. The largest absolute Gasteiger partial charge is 0.490 e. The van der Waals surface area contributed by atoms with Crippen molar-refractivity contribution < 1.29 is 4.74 Å². The first-order chi connectivity index (χ1) is 9.81. The highest BCUT2D eigenvalue weighted by Gasteiger charge is 2.31. The number of hydrogen-bond acceptors (Lipinski definition) is 2.